The Labute approximate surface area is 99.0 Å². The Hall–Kier alpha value is -1.85. The minimum absolute atomic E-state index is 0.201. The van der Waals surface area contributed by atoms with Crippen LogP contribution >= 0.6 is 0 Å². The zero-order valence-corrected chi connectivity index (χ0v) is 9.66. The van der Waals surface area contributed by atoms with E-state index in [0.29, 0.717) is 19.5 Å². The number of carbonyl (C=O) groups is 3. The molecule has 0 bridgehead atoms. The van der Waals surface area contributed by atoms with Crippen LogP contribution in [0.15, 0.2) is 12.2 Å². The molecule has 0 aromatic rings. The third-order valence-corrected chi connectivity index (χ3v) is 3.01. The van der Waals surface area contributed by atoms with Gasteiger partial charge in [-0.3, -0.25) is 14.9 Å². The lowest BCUT2D eigenvalue weighted by molar-refractivity contribution is -0.143. The topological polar surface area (TPSA) is 78.5 Å². The Morgan fingerprint density at radius 3 is 2.82 bits per heavy atom. The monoisotopic (exact) mass is 237 g/mol. The van der Waals surface area contributed by atoms with Crippen LogP contribution in [0.25, 0.3) is 0 Å². The van der Waals surface area contributed by atoms with Gasteiger partial charge in [-0.15, -0.1) is 0 Å². The fourth-order valence-electron chi connectivity index (χ4n) is 2.25. The van der Waals surface area contributed by atoms with E-state index in [-0.39, 0.29) is 11.8 Å². The van der Waals surface area contributed by atoms with Crippen LogP contribution in [0.4, 0.5) is 4.79 Å². The number of piperidine rings is 1. The average molecular weight is 237 g/mol. The predicted molar refractivity (Wildman–Crippen MR) is 60.0 cm³/mol. The van der Waals surface area contributed by atoms with Gasteiger partial charge in [0.15, 0.2) is 0 Å². The molecule has 0 aliphatic carbocycles. The van der Waals surface area contributed by atoms with E-state index in [1.807, 2.05) is 6.92 Å². The zero-order valence-electron chi connectivity index (χ0n) is 9.66. The maximum atomic E-state index is 12.1. The van der Waals surface area contributed by atoms with Crippen LogP contribution in [0.2, 0.25) is 0 Å². The molecule has 2 rings (SSSR count). The molecular weight excluding hydrogens is 222 g/mol. The number of imide groups is 1. The Bertz CT molecular complexity index is 405. The minimum Gasteiger partial charge on any atom is -0.337 e. The van der Waals surface area contributed by atoms with E-state index in [1.165, 1.54) is 0 Å². The summed E-state index contributed by atoms with van der Waals surface area (Å²) in [4.78, 5) is 36.4. The quantitative estimate of drug-likeness (QED) is 0.642. The number of hydrogen-bond donors (Lipinski definition) is 2. The fraction of sp³-hybridized carbons (Fsp3) is 0.545. The van der Waals surface area contributed by atoms with Gasteiger partial charge < -0.3 is 10.2 Å². The number of hydrogen-bond acceptors (Lipinski definition) is 3. The maximum absolute atomic E-state index is 12.1. The van der Waals surface area contributed by atoms with Crippen LogP contribution in [-0.4, -0.2) is 41.9 Å². The summed E-state index contributed by atoms with van der Waals surface area (Å²) >= 11 is 0. The number of nitrogens with zero attached hydrogens (tertiary/aromatic N) is 1. The van der Waals surface area contributed by atoms with Crippen molar-refractivity contribution in [3.63, 3.8) is 0 Å². The summed E-state index contributed by atoms with van der Waals surface area (Å²) in [5.74, 6) is -1.00. The van der Waals surface area contributed by atoms with E-state index >= 15 is 0 Å². The molecule has 0 radical (unpaired) electrons. The molecule has 17 heavy (non-hydrogen) atoms. The van der Waals surface area contributed by atoms with Crippen LogP contribution in [0.1, 0.15) is 13.3 Å². The summed E-state index contributed by atoms with van der Waals surface area (Å²) in [6, 6.07) is -1.31. The second-order valence-electron chi connectivity index (χ2n) is 4.55. The van der Waals surface area contributed by atoms with Crippen molar-refractivity contribution in [3.05, 3.63) is 12.2 Å². The molecule has 0 aromatic carbocycles. The molecule has 2 aliphatic rings. The Kier molecular flexibility index (Phi) is 2.87. The summed E-state index contributed by atoms with van der Waals surface area (Å²) in [6.45, 7) is 6.59. The van der Waals surface area contributed by atoms with Gasteiger partial charge in [0.2, 0.25) is 11.8 Å². The Morgan fingerprint density at radius 1 is 1.47 bits per heavy atom. The van der Waals surface area contributed by atoms with Crippen LogP contribution in [0, 0.1) is 5.92 Å². The Balaban J connectivity index is 2.14. The zero-order chi connectivity index (χ0) is 12.6. The van der Waals surface area contributed by atoms with Crippen molar-refractivity contribution in [3.8, 4) is 0 Å². The molecule has 0 saturated carbocycles. The second kappa shape index (κ2) is 4.20. The number of rotatable bonds is 2. The first kappa shape index (κ1) is 11.6. The first-order chi connectivity index (χ1) is 7.99. The first-order valence-electron chi connectivity index (χ1n) is 5.53. The number of urea groups is 1. The van der Waals surface area contributed by atoms with Crippen LogP contribution in [0.5, 0.6) is 0 Å². The lowest BCUT2D eigenvalue weighted by Gasteiger charge is -2.39. The van der Waals surface area contributed by atoms with Crippen molar-refractivity contribution in [1.82, 2.24) is 15.5 Å². The van der Waals surface area contributed by atoms with Gasteiger partial charge in [0.05, 0.1) is 5.92 Å². The maximum Gasteiger partial charge on any atom is 0.322 e. The van der Waals surface area contributed by atoms with E-state index in [4.69, 9.17) is 0 Å². The molecule has 6 heteroatoms. The summed E-state index contributed by atoms with van der Waals surface area (Å²) in [5, 5.41) is 4.69. The molecule has 4 amide bonds. The molecule has 2 unspecified atom stereocenters. The summed E-state index contributed by atoms with van der Waals surface area (Å²) in [5.41, 5.74) is 0.878. The van der Waals surface area contributed by atoms with E-state index in [9.17, 15) is 14.4 Å². The smallest absolute Gasteiger partial charge is 0.322 e. The van der Waals surface area contributed by atoms with Crippen molar-refractivity contribution >= 4 is 17.8 Å². The van der Waals surface area contributed by atoms with Crippen LogP contribution in [0.3, 0.4) is 0 Å². The summed E-state index contributed by atoms with van der Waals surface area (Å²) in [7, 11) is 0. The highest BCUT2D eigenvalue weighted by Crippen LogP contribution is 2.22. The van der Waals surface area contributed by atoms with Gasteiger partial charge in [-0.25, -0.2) is 4.79 Å². The molecule has 2 fully saturated rings. The molecule has 92 valence electrons. The highest BCUT2D eigenvalue weighted by Gasteiger charge is 2.44. The number of amides is 4. The van der Waals surface area contributed by atoms with Crippen LogP contribution < -0.4 is 10.6 Å². The van der Waals surface area contributed by atoms with Crippen molar-refractivity contribution < 1.29 is 14.4 Å². The number of carbonyl (C=O) groups excluding carboxylic acids is 3. The number of fused-ring (bicyclic) bond motifs is 1. The second-order valence-corrected chi connectivity index (χ2v) is 4.55. The number of likely N-dealkylation sites (tertiary alicyclic amines) is 1. The van der Waals surface area contributed by atoms with Gasteiger partial charge >= 0.3 is 6.03 Å². The third-order valence-electron chi connectivity index (χ3n) is 3.01. The molecule has 2 N–H and O–H groups in total. The largest absolute Gasteiger partial charge is 0.337 e. The average Bonchev–Trinajstić information content (AvgIpc) is 2.22. The molecule has 2 heterocycles. The summed E-state index contributed by atoms with van der Waals surface area (Å²) in [6.07, 6.45) is 0.565. The SMILES string of the molecule is C=C(C)CN1CCC2C(=O)NC(=O)NC2C1=O. The fourth-order valence-corrected chi connectivity index (χ4v) is 2.25. The normalized spacial score (nSPS) is 28.3. The van der Waals surface area contributed by atoms with Gasteiger partial charge in [-0.1, -0.05) is 12.2 Å². The minimum atomic E-state index is -0.718. The third kappa shape index (κ3) is 2.15. The molecule has 2 atom stereocenters. The van der Waals surface area contributed by atoms with Crippen LogP contribution in [-0.2, 0) is 9.59 Å². The standard InChI is InChI=1S/C11H15N3O3/c1-6(2)5-14-4-3-7-8(10(14)16)12-11(17)13-9(7)15/h7-8H,1,3-5H2,2H3,(H2,12,13,15,17). The highest BCUT2D eigenvalue weighted by atomic mass is 16.2. The molecule has 2 aliphatic heterocycles. The van der Waals surface area contributed by atoms with E-state index in [0.717, 1.165) is 5.57 Å². The molecule has 0 aromatic heterocycles. The van der Waals surface area contributed by atoms with Crippen molar-refractivity contribution in [1.29, 1.82) is 0 Å². The molecule has 2 saturated heterocycles. The Morgan fingerprint density at radius 2 is 2.18 bits per heavy atom. The summed E-state index contributed by atoms with van der Waals surface area (Å²) < 4.78 is 0. The van der Waals surface area contributed by atoms with Crippen molar-refractivity contribution in [2.45, 2.75) is 19.4 Å². The molecular formula is C11H15N3O3. The van der Waals surface area contributed by atoms with Crippen molar-refractivity contribution in [2.75, 3.05) is 13.1 Å². The van der Waals surface area contributed by atoms with E-state index in [2.05, 4.69) is 17.2 Å². The van der Waals surface area contributed by atoms with E-state index in [1.54, 1.807) is 4.90 Å². The van der Waals surface area contributed by atoms with E-state index < -0.39 is 18.0 Å². The van der Waals surface area contributed by atoms with Crippen molar-refractivity contribution in [2.24, 2.45) is 5.92 Å². The van der Waals surface area contributed by atoms with Gasteiger partial charge in [0.25, 0.3) is 0 Å². The van der Waals surface area contributed by atoms with Gasteiger partial charge in [0.1, 0.15) is 6.04 Å². The lowest BCUT2D eigenvalue weighted by Crippen LogP contribution is -2.66. The van der Waals surface area contributed by atoms with Gasteiger partial charge in [-0.05, 0) is 13.3 Å². The molecule has 0 spiro atoms. The van der Waals surface area contributed by atoms with Gasteiger partial charge in [-0.2, -0.15) is 0 Å². The number of nitrogens with one attached hydrogen (secondary N) is 2. The highest BCUT2D eigenvalue weighted by molar-refractivity contribution is 6.04. The molecule has 6 nitrogen and oxygen atoms in total. The lowest BCUT2D eigenvalue weighted by atomic mass is 9.88. The predicted octanol–water partition coefficient (Wildman–Crippen LogP) is -0.381. The first-order valence-corrected chi connectivity index (χ1v) is 5.53. The van der Waals surface area contributed by atoms with Gasteiger partial charge in [0, 0.05) is 13.1 Å².